The maximum Gasteiger partial charge on any atom is 0.128 e. The largest absolute Gasteiger partial charge is 0.411 e. The summed E-state index contributed by atoms with van der Waals surface area (Å²) in [7, 11) is 1.70. The van der Waals surface area contributed by atoms with Gasteiger partial charge in [-0.25, -0.2) is 0 Å². The van der Waals surface area contributed by atoms with Crippen LogP contribution >= 0.6 is 0 Å². The molecule has 3 heteroatoms. The second-order valence-corrected chi connectivity index (χ2v) is 6.36. The van der Waals surface area contributed by atoms with Crippen molar-refractivity contribution in [3.63, 3.8) is 0 Å². The van der Waals surface area contributed by atoms with Crippen LogP contribution in [0, 0.1) is 23.2 Å². The molecule has 1 N–H and O–H groups in total. The number of methoxy groups -OCH3 is 1. The van der Waals surface area contributed by atoms with Crippen LogP contribution in [-0.2, 0) is 4.74 Å². The van der Waals surface area contributed by atoms with Crippen molar-refractivity contribution in [2.45, 2.75) is 51.0 Å². The quantitative estimate of drug-likeness (QED) is 0.358. The van der Waals surface area contributed by atoms with E-state index in [0.29, 0.717) is 6.42 Å². The Kier molecular flexibility index (Phi) is 2.59. The minimum absolute atomic E-state index is 0.0984. The molecule has 4 rings (SSSR count). The van der Waals surface area contributed by atoms with Gasteiger partial charge in [0.15, 0.2) is 0 Å². The molecular weight excluding hydrogens is 238 g/mol. The predicted molar refractivity (Wildman–Crippen MR) is 74.1 cm³/mol. The van der Waals surface area contributed by atoms with E-state index in [0.717, 1.165) is 31.4 Å². The van der Waals surface area contributed by atoms with Gasteiger partial charge in [0, 0.05) is 24.4 Å². The zero-order valence-corrected chi connectivity index (χ0v) is 11.7. The van der Waals surface area contributed by atoms with Crippen LogP contribution in [0.4, 0.5) is 0 Å². The number of terminal acetylenes is 1. The summed E-state index contributed by atoms with van der Waals surface area (Å²) in [5, 5.41) is 13.3. The van der Waals surface area contributed by atoms with Crippen molar-refractivity contribution in [2.24, 2.45) is 16.0 Å². The molecule has 0 aliphatic heterocycles. The molecule has 102 valence electrons. The van der Waals surface area contributed by atoms with Crippen LogP contribution in [0.25, 0.3) is 0 Å². The maximum atomic E-state index is 9.60. The normalized spacial score (nSPS) is 45.9. The van der Waals surface area contributed by atoms with Gasteiger partial charge in [-0.3, -0.25) is 0 Å². The SMILES string of the molecule is C#CC[C@@]1(C)/C(=N\O)[C@@]2(OC)C=C3CCC[C@]31CC2. The number of fused-ring (bicyclic) bond motifs is 2. The van der Waals surface area contributed by atoms with Crippen LogP contribution in [0.1, 0.15) is 45.4 Å². The van der Waals surface area contributed by atoms with E-state index >= 15 is 0 Å². The van der Waals surface area contributed by atoms with Gasteiger partial charge in [-0.15, -0.1) is 12.3 Å². The monoisotopic (exact) mass is 259 g/mol. The van der Waals surface area contributed by atoms with Gasteiger partial charge in [0.1, 0.15) is 11.3 Å². The molecule has 0 heterocycles. The average molecular weight is 259 g/mol. The van der Waals surface area contributed by atoms with E-state index in [1.807, 2.05) is 0 Å². The lowest BCUT2D eigenvalue weighted by Gasteiger charge is -2.60. The Morgan fingerprint density at radius 2 is 2.26 bits per heavy atom. The molecule has 0 saturated heterocycles. The van der Waals surface area contributed by atoms with E-state index in [-0.39, 0.29) is 10.8 Å². The van der Waals surface area contributed by atoms with Crippen LogP contribution < -0.4 is 0 Å². The number of allylic oxidation sites excluding steroid dienone is 1. The molecule has 2 fully saturated rings. The fraction of sp³-hybridized carbons (Fsp3) is 0.688. The fourth-order valence-electron chi connectivity index (χ4n) is 4.93. The molecular formula is C16H21NO2. The standard InChI is InChI=1S/C16H21NO2/c1-4-7-14(2)13(17-18)16(19-3)10-9-15(14)8-5-6-12(15)11-16/h1,11,18H,5-10H2,2-3H3/b17-13+/t14-,15-,16-/m0/s1. The third-order valence-electron chi connectivity index (χ3n) is 5.89. The van der Waals surface area contributed by atoms with E-state index in [4.69, 9.17) is 11.2 Å². The maximum absolute atomic E-state index is 9.60. The molecule has 3 atom stereocenters. The van der Waals surface area contributed by atoms with Crippen molar-refractivity contribution < 1.29 is 9.94 Å². The number of ether oxygens (including phenoxy) is 1. The van der Waals surface area contributed by atoms with Crippen LogP contribution in [0.2, 0.25) is 0 Å². The lowest BCUT2D eigenvalue weighted by molar-refractivity contribution is -0.00808. The van der Waals surface area contributed by atoms with Gasteiger partial charge >= 0.3 is 0 Å². The highest BCUT2D eigenvalue weighted by Gasteiger charge is 2.66. The molecule has 0 amide bonds. The first-order chi connectivity index (χ1) is 9.08. The topological polar surface area (TPSA) is 41.8 Å². The Bertz CT molecular complexity index is 515. The van der Waals surface area contributed by atoms with Gasteiger partial charge in [0.25, 0.3) is 0 Å². The summed E-state index contributed by atoms with van der Waals surface area (Å²) >= 11 is 0. The van der Waals surface area contributed by atoms with E-state index in [2.05, 4.69) is 24.1 Å². The fourth-order valence-corrected chi connectivity index (χ4v) is 4.93. The van der Waals surface area contributed by atoms with Gasteiger partial charge < -0.3 is 9.94 Å². The number of nitrogens with zero attached hydrogens (tertiary/aromatic N) is 1. The lowest BCUT2D eigenvalue weighted by atomic mass is 9.45. The molecule has 19 heavy (non-hydrogen) atoms. The van der Waals surface area contributed by atoms with E-state index in [9.17, 15) is 5.21 Å². The number of oxime groups is 1. The van der Waals surface area contributed by atoms with Crippen molar-refractivity contribution in [1.29, 1.82) is 0 Å². The zero-order valence-electron chi connectivity index (χ0n) is 11.7. The first kappa shape index (κ1) is 12.7. The molecule has 2 saturated carbocycles. The molecule has 4 aliphatic rings. The molecule has 0 aromatic carbocycles. The summed E-state index contributed by atoms with van der Waals surface area (Å²) in [5.41, 5.74) is 1.50. The van der Waals surface area contributed by atoms with Gasteiger partial charge in [-0.1, -0.05) is 17.7 Å². The van der Waals surface area contributed by atoms with E-state index in [1.54, 1.807) is 7.11 Å². The van der Waals surface area contributed by atoms with Crippen LogP contribution in [0.5, 0.6) is 0 Å². The highest BCUT2D eigenvalue weighted by Crippen LogP contribution is 2.67. The molecule has 2 bridgehead atoms. The van der Waals surface area contributed by atoms with Gasteiger partial charge in [-0.2, -0.15) is 0 Å². The number of hydrogen-bond acceptors (Lipinski definition) is 3. The average Bonchev–Trinajstić information content (AvgIpc) is 2.83. The highest BCUT2D eigenvalue weighted by atomic mass is 16.5. The molecule has 0 radical (unpaired) electrons. The first-order valence-electron chi connectivity index (χ1n) is 7.02. The smallest absolute Gasteiger partial charge is 0.128 e. The number of rotatable bonds is 2. The van der Waals surface area contributed by atoms with Crippen molar-refractivity contribution >= 4 is 5.71 Å². The summed E-state index contributed by atoms with van der Waals surface area (Å²) in [5.74, 6) is 2.80. The van der Waals surface area contributed by atoms with Gasteiger partial charge in [-0.05, 0) is 38.2 Å². The minimum atomic E-state index is -0.540. The second kappa shape index (κ2) is 3.86. The van der Waals surface area contributed by atoms with Gasteiger partial charge in [0.2, 0.25) is 0 Å². The van der Waals surface area contributed by atoms with Crippen LogP contribution in [0.3, 0.4) is 0 Å². The molecule has 0 unspecified atom stereocenters. The third kappa shape index (κ3) is 1.26. The van der Waals surface area contributed by atoms with Crippen LogP contribution in [-0.4, -0.2) is 23.6 Å². The van der Waals surface area contributed by atoms with Crippen molar-refractivity contribution in [3.8, 4) is 12.3 Å². The molecule has 1 spiro atoms. The van der Waals surface area contributed by atoms with Crippen molar-refractivity contribution in [1.82, 2.24) is 0 Å². The van der Waals surface area contributed by atoms with E-state index < -0.39 is 5.60 Å². The predicted octanol–water partition coefficient (Wildman–Crippen LogP) is 3.14. The Balaban J connectivity index is 2.26. The zero-order chi connectivity index (χ0) is 13.7. The minimum Gasteiger partial charge on any atom is -0.411 e. The highest BCUT2D eigenvalue weighted by molar-refractivity contribution is 6.02. The summed E-state index contributed by atoms with van der Waals surface area (Å²) < 4.78 is 5.78. The summed E-state index contributed by atoms with van der Waals surface area (Å²) in [4.78, 5) is 0. The van der Waals surface area contributed by atoms with Crippen molar-refractivity contribution in [2.75, 3.05) is 7.11 Å². The summed E-state index contributed by atoms with van der Waals surface area (Å²) in [6, 6.07) is 0. The van der Waals surface area contributed by atoms with Gasteiger partial charge in [0.05, 0.1) is 0 Å². The third-order valence-corrected chi connectivity index (χ3v) is 5.89. The molecule has 0 aromatic heterocycles. The van der Waals surface area contributed by atoms with E-state index in [1.165, 1.54) is 12.0 Å². The summed E-state index contributed by atoms with van der Waals surface area (Å²) in [6.07, 6.45) is 13.9. The second-order valence-electron chi connectivity index (χ2n) is 6.36. The molecule has 4 aliphatic carbocycles. The molecule has 0 aromatic rings. The summed E-state index contributed by atoms with van der Waals surface area (Å²) in [6.45, 7) is 2.16. The van der Waals surface area contributed by atoms with Crippen LogP contribution in [0.15, 0.2) is 16.8 Å². The Hall–Kier alpha value is -1.27. The van der Waals surface area contributed by atoms with Crippen molar-refractivity contribution in [3.05, 3.63) is 11.6 Å². The Morgan fingerprint density at radius 1 is 1.47 bits per heavy atom. The first-order valence-corrected chi connectivity index (χ1v) is 7.02. The number of hydrogen-bond donors (Lipinski definition) is 1. The lowest BCUT2D eigenvalue weighted by Crippen LogP contribution is -2.63. The Morgan fingerprint density at radius 3 is 2.89 bits per heavy atom. The Labute approximate surface area is 114 Å². The molecule has 3 nitrogen and oxygen atoms in total.